The number of benzene rings is 1. The second-order valence-electron chi connectivity index (χ2n) is 9.24. The molecular weight excluding hydrogens is 458 g/mol. The van der Waals surface area contributed by atoms with E-state index in [9.17, 15) is 24.6 Å². The van der Waals surface area contributed by atoms with Gasteiger partial charge < -0.3 is 42.9 Å². The highest BCUT2D eigenvalue weighted by molar-refractivity contribution is 6.02. The third-order valence-corrected chi connectivity index (χ3v) is 7.16. The molecule has 10 N–H and O–H groups in total. The number of nitrogens with one attached hydrogen (secondary N) is 2. The van der Waals surface area contributed by atoms with Crippen LogP contribution in [-0.4, -0.2) is 92.3 Å². The molecule has 2 fully saturated rings. The van der Waals surface area contributed by atoms with E-state index in [2.05, 4.69) is 20.6 Å². The van der Waals surface area contributed by atoms with Gasteiger partial charge in [-0.15, -0.1) is 0 Å². The predicted molar refractivity (Wildman–Crippen MR) is 123 cm³/mol. The predicted octanol–water partition coefficient (Wildman–Crippen LogP) is -3.50. The zero-order valence-corrected chi connectivity index (χ0v) is 18.9. The summed E-state index contributed by atoms with van der Waals surface area (Å²) in [5.74, 6) is -4.04. The Bertz CT molecular complexity index is 1180. The molecule has 4 aliphatic heterocycles. The van der Waals surface area contributed by atoms with E-state index in [0.717, 1.165) is 4.90 Å². The summed E-state index contributed by atoms with van der Waals surface area (Å²) in [5.41, 5.74) is 17.7. The van der Waals surface area contributed by atoms with Crippen molar-refractivity contribution < 1.29 is 24.6 Å². The Morgan fingerprint density at radius 1 is 1.20 bits per heavy atom. The van der Waals surface area contributed by atoms with Crippen molar-refractivity contribution in [3.63, 3.8) is 0 Å². The van der Waals surface area contributed by atoms with Crippen molar-refractivity contribution in [1.82, 2.24) is 20.4 Å². The number of rotatable bonds is 4. The zero-order valence-electron chi connectivity index (χ0n) is 18.9. The van der Waals surface area contributed by atoms with E-state index in [0.29, 0.717) is 11.3 Å². The number of nitrogen functional groups attached to an aromatic ring is 1. The van der Waals surface area contributed by atoms with Crippen molar-refractivity contribution in [3.8, 4) is 0 Å². The molecule has 35 heavy (non-hydrogen) atoms. The molecule has 1 aromatic rings. The van der Waals surface area contributed by atoms with Crippen LogP contribution >= 0.6 is 0 Å². The molecule has 2 unspecified atom stereocenters. The Kier molecular flexibility index (Phi) is 4.93. The summed E-state index contributed by atoms with van der Waals surface area (Å²) in [6.07, 6.45) is 0.192. The monoisotopic (exact) mass is 485 g/mol. The molecule has 0 saturated carbocycles. The van der Waals surface area contributed by atoms with E-state index in [1.54, 1.807) is 19.1 Å². The zero-order chi connectivity index (χ0) is 25.3. The van der Waals surface area contributed by atoms with Crippen LogP contribution in [0.5, 0.6) is 0 Å². The number of carbonyl (C=O) groups excluding carboxylic acids is 3. The Hall–Kier alpha value is -3.91. The van der Waals surface area contributed by atoms with Crippen LogP contribution in [0.4, 0.5) is 5.69 Å². The molecule has 2 saturated heterocycles. The van der Waals surface area contributed by atoms with E-state index >= 15 is 0 Å². The van der Waals surface area contributed by atoms with Crippen LogP contribution in [-0.2, 0) is 9.59 Å². The van der Waals surface area contributed by atoms with Gasteiger partial charge in [-0.25, -0.2) is 9.98 Å². The van der Waals surface area contributed by atoms with Crippen molar-refractivity contribution in [2.75, 3.05) is 18.8 Å². The lowest BCUT2D eigenvalue weighted by Crippen LogP contribution is -2.78. The number of imide groups is 1. The van der Waals surface area contributed by atoms with Crippen molar-refractivity contribution in [2.24, 2.45) is 21.5 Å². The van der Waals surface area contributed by atoms with Gasteiger partial charge in [0.2, 0.25) is 17.6 Å². The minimum atomic E-state index is -2.63. The van der Waals surface area contributed by atoms with Gasteiger partial charge in [0.05, 0.1) is 12.6 Å². The van der Waals surface area contributed by atoms with E-state index in [1.807, 2.05) is 0 Å². The van der Waals surface area contributed by atoms with Crippen LogP contribution in [0, 0.1) is 6.92 Å². The van der Waals surface area contributed by atoms with Crippen molar-refractivity contribution in [1.29, 1.82) is 0 Å². The molecule has 1 aromatic carbocycles. The molecule has 4 heterocycles. The van der Waals surface area contributed by atoms with E-state index in [1.165, 1.54) is 11.0 Å². The summed E-state index contributed by atoms with van der Waals surface area (Å²) in [5, 5.41) is 28.4. The smallest absolute Gasteiger partial charge is 0.251 e. The third kappa shape index (κ3) is 3.20. The summed E-state index contributed by atoms with van der Waals surface area (Å²) in [7, 11) is 0. The van der Waals surface area contributed by atoms with Gasteiger partial charge in [0.25, 0.3) is 5.91 Å². The summed E-state index contributed by atoms with van der Waals surface area (Å²) in [6.45, 7) is 1.49. The summed E-state index contributed by atoms with van der Waals surface area (Å²) >= 11 is 0. The van der Waals surface area contributed by atoms with Gasteiger partial charge in [-0.1, -0.05) is 0 Å². The molecule has 3 amide bonds. The topological polar surface area (TPSA) is 225 Å². The highest BCUT2D eigenvalue weighted by Crippen LogP contribution is 2.45. The fraction of sp³-hybridized carbons (Fsp3) is 0.476. The highest BCUT2D eigenvalue weighted by Gasteiger charge is 2.73. The molecule has 0 aliphatic carbocycles. The number of carbonyl (C=O) groups is 3. The summed E-state index contributed by atoms with van der Waals surface area (Å²) < 4.78 is 0. The van der Waals surface area contributed by atoms with Crippen LogP contribution in [0.1, 0.15) is 28.8 Å². The molecule has 4 aliphatic rings. The number of amides is 3. The Morgan fingerprint density at radius 3 is 2.54 bits per heavy atom. The van der Waals surface area contributed by atoms with Crippen molar-refractivity contribution >= 4 is 35.3 Å². The molecule has 186 valence electrons. The molecule has 14 heteroatoms. The molecule has 0 bridgehead atoms. The van der Waals surface area contributed by atoms with Crippen LogP contribution < -0.4 is 27.8 Å². The Balaban J connectivity index is 1.46. The first-order valence-corrected chi connectivity index (χ1v) is 11.1. The Morgan fingerprint density at radius 2 is 1.89 bits per heavy atom. The lowest BCUT2D eigenvalue weighted by molar-refractivity contribution is -0.230. The number of hydrogen-bond donors (Lipinski definition) is 7. The van der Waals surface area contributed by atoms with Crippen molar-refractivity contribution in [2.45, 2.75) is 49.3 Å². The van der Waals surface area contributed by atoms with Crippen LogP contribution in [0.2, 0.25) is 0 Å². The standard InChI is InChI=1S/C21H27N9O5/c1-9-6-10(2-3-11(9)22)17(33)26-13-8-30-19(24)25-12(7-29-14(31)4-5-15(29)32)16-20(30,21(13,34)35)28-18(23)27-16/h2-3,6,12-13,16,34-35H,4-5,7-8,22H2,1H3,(H2,24,25)(H,26,33)(H3,23,27,28)/t12?,13?,16-,20-/m0/s1. The Labute approximate surface area is 199 Å². The largest absolute Gasteiger partial charge is 0.399 e. The van der Waals surface area contributed by atoms with Gasteiger partial charge in [-0.3, -0.25) is 19.3 Å². The maximum Gasteiger partial charge on any atom is 0.251 e. The number of aliphatic imine (C=N–C) groups is 2. The first-order chi connectivity index (χ1) is 16.5. The third-order valence-electron chi connectivity index (χ3n) is 7.16. The van der Waals surface area contributed by atoms with Gasteiger partial charge in [-0.05, 0) is 30.7 Å². The van der Waals surface area contributed by atoms with Crippen molar-refractivity contribution in [3.05, 3.63) is 29.3 Å². The minimum absolute atomic E-state index is 0.0738. The minimum Gasteiger partial charge on any atom is -0.399 e. The number of hydrogen-bond acceptors (Lipinski definition) is 12. The molecule has 0 aromatic heterocycles. The fourth-order valence-corrected chi connectivity index (χ4v) is 5.31. The second-order valence-corrected chi connectivity index (χ2v) is 9.24. The van der Waals surface area contributed by atoms with Gasteiger partial charge >= 0.3 is 0 Å². The molecule has 1 spiro atoms. The number of anilines is 1. The van der Waals surface area contributed by atoms with E-state index in [-0.39, 0.29) is 55.2 Å². The van der Waals surface area contributed by atoms with Crippen LogP contribution in [0.3, 0.4) is 0 Å². The SMILES string of the molecule is Cc1cc(C(=O)NC2CN3C(N)=NC(CN4C(=O)CCC4=O)[C@@H]4N=C(N)N[C@@]43C2(O)O)ccc1N. The quantitative estimate of drug-likeness (QED) is 0.126. The number of likely N-dealkylation sites (tertiary alicyclic amines) is 1. The molecule has 0 radical (unpaired) electrons. The van der Waals surface area contributed by atoms with Gasteiger partial charge in [0.15, 0.2) is 17.6 Å². The molecule has 4 atom stereocenters. The van der Waals surface area contributed by atoms with Gasteiger partial charge in [-0.2, -0.15) is 0 Å². The number of aliphatic hydroxyl groups is 2. The number of nitrogens with zero attached hydrogens (tertiary/aromatic N) is 4. The number of nitrogens with two attached hydrogens (primary N) is 3. The summed E-state index contributed by atoms with van der Waals surface area (Å²) in [4.78, 5) is 48.5. The fourth-order valence-electron chi connectivity index (χ4n) is 5.31. The van der Waals surface area contributed by atoms with Gasteiger partial charge in [0, 0.05) is 30.6 Å². The normalized spacial score (nSPS) is 31.0. The van der Waals surface area contributed by atoms with Crippen LogP contribution in [0.15, 0.2) is 28.2 Å². The molecule has 5 rings (SSSR count). The first kappa shape index (κ1) is 22.9. The average molecular weight is 486 g/mol. The second kappa shape index (κ2) is 7.55. The summed E-state index contributed by atoms with van der Waals surface area (Å²) in [6, 6.07) is 1.57. The van der Waals surface area contributed by atoms with Crippen LogP contribution in [0.25, 0.3) is 0 Å². The molecule has 14 nitrogen and oxygen atoms in total. The average Bonchev–Trinajstić information content (AvgIpc) is 3.38. The van der Waals surface area contributed by atoms with Gasteiger partial charge in [0.1, 0.15) is 12.1 Å². The lowest BCUT2D eigenvalue weighted by atomic mass is 9.84. The maximum absolute atomic E-state index is 13.0. The maximum atomic E-state index is 13.0. The number of guanidine groups is 2. The first-order valence-electron chi connectivity index (χ1n) is 11.1. The van der Waals surface area contributed by atoms with E-state index < -0.39 is 35.5 Å². The number of aryl methyl sites for hydroxylation is 1. The lowest BCUT2D eigenvalue weighted by Gasteiger charge is -2.49. The highest BCUT2D eigenvalue weighted by atomic mass is 16.5. The molecular formula is C21H27N9O5. The van der Waals surface area contributed by atoms with E-state index in [4.69, 9.17) is 17.2 Å².